The van der Waals surface area contributed by atoms with Crippen LogP contribution in [0.1, 0.15) is 37.8 Å². The first-order valence-corrected chi connectivity index (χ1v) is 8.10. The fourth-order valence-corrected chi connectivity index (χ4v) is 3.25. The molecular formula is C16H18F3N3S. The van der Waals surface area contributed by atoms with Crippen LogP contribution in [-0.4, -0.2) is 16.1 Å². The smallest absolute Gasteiger partial charge is 0.360 e. The zero-order valence-electron chi connectivity index (χ0n) is 12.5. The van der Waals surface area contributed by atoms with Gasteiger partial charge in [0, 0.05) is 22.6 Å². The van der Waals surface area contributed by atoms with Crippen LogP contribution in [0.3, 0.4) is 0 Å². The van der Waals surface area contributed by atoms with Crippen molar-refractivity contribution < 1.29 is 13.2 Å². The number of aromatic nitrogens is 1. The van der Waals surface area contributed by atoms with Gasteiger partial charge in [-0.25, -0.2) is 0 Å². The van der Waals surface area contributed by atoms with Crippen LogP contribution in [0.25, 0.3) is 10.9 Å². The first-order chi connectivity index (χ1) is 10.9. The second kappa shape index (κ2) is 6.39. The molecule has 124 valence electrons. The Kier molecular flexibility index (Phi) is 4.48. The van der Waals surface area contributed by atoms with Gasteiger partial charge in [-0.1, -0.05) is 19.3 Å². The molecule has 7 heteroatoms. The van der Waals surface area contributed by atoms with Gasteiger partial charge in [0.2, 0.25) is 0 Å². The molecule has 0 amide bonds. The van der Waals surface area contributed by atoms with Gasteiger partial charge in [0.15, 0.2) is 5.11 Å². The monoisotopic (exact) mass is 341 g/mol. The average molecular weight is 341 g/mol. The summed E-state index contributed by atoms with van der Waals surface area (Å²) in [6, 6.07) is 6.49. The largest absolute Gasteiger partial charge is 0.431 e. The van der Waals surface area contributed by atoms with Crippen LogP contribution in [0.2, 0.25) is 0 Å². The minimum absolute atomic E-state index is 0.386. The van der Waals surface area contributed by atoms with Gasteiger partial charge >= 0.3 is 6.18 Å². The van der Waals surface area contributed by atoms with Gasteiger partial charge in [-0.2, -0.15) is 13.2 Å². The number of alkyl halides is 3. The molecule has 3 rings (SSSR count). The van der Waals surface area contributed by atoms with E-state index in [1.807, 2.05) is 0 Å². The molecule has 0 unspecified atom stereocenters. The van der Waals surface area contributed by atoms with Gasteiger partial charge in [-0.15, -0.1) is 0 Å². The molecule has 1 aromatic carbocycles. The fourth-order valence-electron chi connectivity index (χ4n) is 2.96. The summed E-state index contributed by atoms with van der Waals surface area (Å²) >= 11 is 5.29. The molecule has 0 aliphatic heterocycles. The second-order valence-electron chi connectivity index (χ2n) is 5.92. The first-order valence-electron chi connectivity index (χ1n) is 7.69. The van der Waals surface area contributed by atoms with Gasteiger partial charge in [-0.3, -0.25) is 0 Å². The maximum absolute atomic E-state index is 12.7. The molecule has 0 bridgehead atoms. The molecule has 23 heavy (non-hydrogen) atoms. The van der Waals surface area contributed by atoms with Gasteiger partial charge in [0.25, 0.3) is 0 Å². The number of rotatable bonds is 2. The van der Waals surface area contributed by atoms with Crippen molar-refractivity contribution >= 4 is 33.9 Å². The van der Waals surface area contributed by atoms with Crippen molar-refractivity contribution in [2.75, 3.05) is 5.32 Å². The van der Waals surface area contributed by atoms with Gasteiger partial charge in [-0.05, 0) is 49.3 Å². The predicted molar refractivity (Wildman–Crippen MR) is 89.5 cm³/mol. The van der Waals surface area contributed by atoms with Crippen molar-refractivity contribution in [1.82, 2.24) is 10.3 Å². The highest BCUT2D eigenvalue weighted by Crippen LogP contribution is 2.31. The Labute approximate surface area is 137 Å². The maximum Gasteiger partial charge on any atom is 0.431 e. The molecule has 1 saturated carbocycles. The Morgan fingerprint density at radius 1 is 1.13 bits per heavy atom. The molecule has 0 spiro atoms. The zero-order chi connectivity index (χ0) is 16.4. The number of anilines is 1. The number of benzene rings is 1. The predicted octanol–water partition coefficient (Wildman–Crippen LogP) is 4.81. The van der Waals surface area contributed by atoms with Gasteiger partial charge in [0.05, 0.1) is 0 Å². The van der Waals surface area contributed by atoms with Gasteiger partial charge < -0.3 is 15.6 Å². The quantitative estimate of drug-likeness (QED) is 0.687. The summed E-state index contributed by atoms with van der Waals surface area (Å²) in [5, 5.41) is 7.35. The standard InChI is InChI=1S/C16H18F3N3S/c17-16(18,19)14-9-10-8-12(6-7-13(10)22-14)21-15(23)20-11-4-2-1-3-5-11/h6-9,11,22H,1-5H2,(H2,20,21,23). The topological polar surface area (TPSA) is 39.8 Å². The number of thiocarbonyl (C=S) groups is 1. The third-order valence-corrected chi connectivity index (χ3v) is 4.34. The van der Waals surface area contributed by atoms with Crippen LogP contribution in [0.5, 0.6) is 0 Å². The number of halogens is 3. The van der Waals surface area contributed by atoms with E-state index in [-0.39, 0.29) is 0 Å². The number of hydrogen-bond donors (Lipinski definition) is 3. The Morgan fingerprint density at radius 2 is 1.87 bits per heavy atom. The zero-order valence-corrected chi connectivity index (χ0v) is 13.3. The summed E-state index contributed by atoms with van der Waals surface area (Å²) in [7, 11) is 0. The van der Waals surface area contributed by atoms with Crippen molar-refractivity contribution in [2.24, 2.45) is 0 Å². The summed E-state index contributed by atoms with van der Waals surface area (Å²) in [5.74, 6) is 0. The lowest BCUT2D eigenvalue weighted by atomic mass is 9.96. The van der Waals surface area contributed by atoms with E-state index in [2.05, 4.69) is 15.6 Å². The average Bonchev–Trinajstić information content (AvgIpc) is 2.91. The van der Waals surface area contributed by atoms with Crippen molar-refractivity contribution in [3.8, 4) is 0 Å². The molecule has 1 aliphatic carbocycles. The second-order valence-corrected chi connectivity index (χ2v) is 6.32. The summed E-state index contributed by atoms with van der Waals surface area (Å²) in [6.45, 7) is 0. The third kappa shape index (κ3) is 3.96. The highest BCUT2D eigenvalue weighted by atomic mass is 32.1. The van der Waals surface area contributed by atoms with E-state index in [4.69, 9.17) is 12.2 Å². The Morgan fingerprint density at radius 3 is 2.57 bits per heavy atom. The number of H-pyrrole nitrogens is 1. The van der Waals surface area contributed by atoms with Crippen LogP contribution in [0, 0.1) is 0 Å². The highest BCUT2D eigenvalue weighted by molar-refractivity contribution is 7.80. The fraction of sp³-hybridized carbons (Fsp3) is 0.438. The van der Waals surface area contributed by atoms with Crippen LogP contribution >= 0.6 is 12.2 Å². The number of aromatic amines is 1. The van der Waals surface area contributed by atoms with E-state index in [0.29, 0.717) is 27.7 Å². The first kappa shape index (κ1) is 16.1. The normalized spacial score (nSPS) is 16.5. The van der Waals surface area contributed by atoms with E-state index < -0.39 is 11.9 Å². The van der Waals surface area contributed by atoms with Gasteiger partial charge in [0.1, 0.15) is 5.69 Å². The highest BCUT2D eigenvalue weighted by Gasteiger charge is 2.32. The summed E-state index contributed by atoms with van der Waals surface area (Å²) in [4.78, 5) is 2.38. The van der Waals surface area contributed by atoms with Crippen LogP contribution in [-0.2, 0) is 6.18 Å². The van der Waals surface area contributed by atoms with Crippen molar-refractivity contribution in [3.05, 3.63) is 30.0 Å². The lowest BCUT2D eigenvalue weighted by Gasteiger charge is -2.24. The molecular weight excluding hydrogens is 323 g/mol. The summed E-state index contributed by atoms with van der Waals surface area (Å²) < 4.78 is 38.2. The molecule has 2 aromatic rings. The maximum atomic E-state index is 12.7. The molecule has 1 aromatic heterocycles. The molecule has 1 heterocycles. The van der Waals surface area contributed by atoms with Crippen LogP contribution in [0.15, 0.2) is 24.3 Å². The van der Waals surface area contributed by atoms with Crippen LogP contribution < -0.4 is 10.6 Å². The van der Waals surface area contributed by atoms with E-state index in [1.54, 1.807) is 18.2 Å². The lowest BCUT2D eigenvalue weighted by Crippen LogP contribution is -2.38. The van der Waals surface area contributed by atoms with E-state index in [0.717, 1.165) is 18.9 Å². The van der Waals surface area contributed by atoms with E-state index >= 15 is 0 Å². The van der Waals surface area contributed by atoms with Crippen molar-refractivity contribution in [1.29, 1.82) is 0 Å². The van der Waals surface area contributed by atoms with E-state index in [9.17, 15) is 13.2 Å². The minimum atomic E-state index is -4.37. The number of fused-ring (bicyclic) bond motifs is 1. The molecule has 1 aliphatic rings. The SMILES string of the molecule is FC(F)(F)c1cc2cc(NC(=S)NC3CCCCC3)ccc2[nH]1. The third-order valence-electron chi connectivity index (χ3n) is 4.12. The molecule has 3 nitrogen and oxygen atoms in total. The number of nitrogens with one attached hydrogen (secondary N) is 3. The number of hydrogen-bond acceptors (Lipinski definition) is 1. The summed E-state index contributed by atoms with van der Waals surface area (Å²) in [6.07, 6.45) is 1.52. The Balaban J connectivity index is 1.69. The van der Waals surface area contributed by atoms with Crippen molar-refractivity contribution in [2.45, 2.75) is 44.3 Å². The van der Waals surface area contributed by atoms with Crippen molar-refractivity contribution in [3.63, 3.8) is 0 Å². The lowest BCUT2D eigenvalue weighted by molar-refractivity contribution is -0.140. The summed E-state index contributed by atoms with van der Waals surface area (Å²) in [5.41, 5.74) is 0.389. The van der Waals surface area contributed by atoms with E-state index in [1.165, 1.54) is 19.3 Å². The molecule has 3 N–H and O–H groups in total. The molecule has 0 atom stereocenters. The van der Waals surface area contributed by atoms with Crippen LogP contribution in [0.4, 0.5) is 18.9 Å². The Bertz CT molecular complexity index is 702. The molecule has 1 fully saturated rings. The molecule has 0 radical (unpaired) electrons. The molecule has 0 saturated heterocycles. The Hall–Kier alpha value is -1.76. The minimum Gasteiger partial charge on any atom is -0.360 e.